The first-order valence-electron chi connectivity index (χ1n) is 7.11. The Hall–Kier alpha value is -1.78. The van der Waals surface area contributed by atoms with E-state index in [1.807, 2.05) is 18.2 Å². The van der Waals surface area contributed by atoms with Gasteiger partial charge in [0.05, 0.1) is 0 Å². The summed E-state index contributed by atoms with van der Waals surface area (Å²) in [6, 6.07) is 14.2. The fourth-order valence-corrected chi connectivity index (χ4v) is 3.02. The van der Waals surface area contributed by atoms with Crippen LogP contribution in [0.2, 0.25) is 0 Å². The quantitative estimate of drug-likeness (QED) is 0.941. The van der Waals surface area contributed by atoms with Gasteiger partial charge in [-0.3, -0.25) is 4.90 Å². The first-order chi connectivity index (χ1) is 10.1. The van der Waals surface area contributed by atoms with Gasteiger partial charge in [-0.25, -0.2) is 8.78 Å². The second-order valence-corrected chi connectivity index (χ2v) is 5.59. The average Bonchev–Trinajstić information content (AvgIpc) is 2.83. The van der Waals surface area contributed by atoms with E-state index in [0.29, 0.717) is 18.7 Å². The first kappa shape index (κ1) is 14.2. The minimum Gasteiger partial charge on any atom is -0.326 e. The SMILES string of the molecule is NC1CN(Cc2ccccc2)CC1c1cccc(F)c1F. The Labute approximate surface area is 123 Å². The van der Waals surface area contributed by atoms with Crippen molar-refractivity contribution in [2.45, 2.75) is 18.5 Å². The molecule has 2 atom stereocenters. The van der Waals surface area contributed by atoms with Crippen LogP contribution in [0.4, 0.5) is 8.78 Å². The van der Waals surface area contributed by atoms with Crippen LogP contribution in [0.5, 0.6) is 0 Å². The molecule has 1 aliphatic rings. The van der Waals surface area contributed by atoms with Crippen LogP contribution in [0, 0.1) is 11.6 Å². The summed E-state index contributed by atoms with van der Waals surface area (Å²) < 4.78 is 27.3. The van der Waals surface area contributed by atoms with Crippen molar-refractivity contribution in [2.75, 3.05) is 13.1 Å². The van der Waals surface area contributed by atoms with Crippen LogP contribution in [0.1, 0.15) is 17.0 Å². The molecule has 0 aromatic heterocycles. The highest BCUT2D eigenvalue weighted by atomic mass is 19.2. The van der Waals surface area contributed by atoms with Crippen molar-refractivity contribution in [3.8, 4) is 0 Å². The van der Waals surface area contributed by atoms with E-state index in [-0.39, 0.29) is 12.0 Å². The van der Waals surface area contributed by atoms with Crippen molar-refractivity contribution in [2.24, 2.45) is 5.73 Å². The summed E-state index contributed by atoms with van der Waals surface area (Å²) in [7, 11) is 0. The Bertz CT molecular complexity index is 615. The molecule has 1 heterocycles. The maximum atomic E-state index is 13.9. The van der Waals surface area contributed by atoms with Gasteiger partial charge in [-0.15, -0.1) is 0 Å². The van der Waals surface area contributed by atoms with Gasteiger partial charge in [-0.2, -0.15) is 0 Å². The van der Waals surface area contributed by atoms with E-state index in [9.17, 15) is 8.78 Å². The molecule has 2 unspecified atom stereocenters. The van der Waals surface area contributed by atoms with E-state index in [1.54, 1.807) is 12.1 Å². The van der Waals surface area contributed by atoms with Crippen molar-refractivity contribution < 1.29 is 8.78 Å². The molecule has 110 valence electrons. The van der Waals surface area contributed by atoms with Gasteiger partial charge in [0.1, 0.15) is 0 Å². The van der Waals surface area contributed by atoms with Gasteiger partial charge < -0.3 is 5.73 Å². The molecule has 2 nitrogen and oxygen atoms in total. The summed E-state index contributed by atoms with van der Waals surface area (Å²) in [5.41, 5.74) is 7.73. The maximum absolute atomic E-state index is 13.9. The molecule has 0 amide bonds. The number of likely N-dealkylation sites (tertiary alicyclic amines) is 1. The number of hydrogen-bond acceptors (Lipinski definition) is 2. The lowest BCUT2D eigenvalue weighted by Gasteiger charge is -2.16. The minimum atomic E-state index is -0.804. The fraction of sp³-hybridized carbons (Fsp3) is 0.294. The summed E-state index contributed by atoms with van der Waals surface area (Å²) in [5, 5.41) is 0. The molecule has 21 heavy (non-hydrogen) atoms. The van der Waals surface area contributed by atoms with Gasteiger partial charge in [0.2, 0.25) is 0 Å². The molecular weight excluding hydrogens is 270 g/mol. The summed E-state index contributed by atoms with van der Waals surface area (Å²) >= 11 is 0. The molecule has 4 heteroatoms. The molecular formula is C17H18F2N2. The average molecular weight is 288 g/mol. The van der Waals surface area contributed by atoms with Crippen molar-refractivity contribution >= 4 is 0 Å². The lowest BCUT2D eigenvalue weighted by atomic mass is 9.94. The lowest BCUT2D eigenvalue weighted by molar-refractivity contribution is 0.323. The Morgan fingerprint density at radius 1 is 1.00 bits per heavy atom. The molecule has 2 N–H and O–H groups in total. The molecule has 0 spiro atoms. The Morgan fingerprint density at radius 2 is 1.76 bits per heavy atom. The van der Waals surface area contributed by atoms with Crippen molar-refractivity contribution in [1.82, 2.24) is 4.90 Å². The number of rotatable bonds is 3. The van der Waals surface area contributed by atoms with Gasteiger partial charge in [0.15, 0.2) is 11.6 Å². The minimum absolute atomic E-state index is 0.163. The van der Waals surface area contributed by atoms with Gasteiger partial charge in [0, 0.05) is 31.6 Å². The smallest absolute Gasteiger partial charge is 0.162 e. The Morgan fingerprint density at radius 3 is 2.52 bits per heavy atom. The molecule has 0 saturated carbocycles. The van der Waals surface area contributed by atoms with Crippen LogP contribution in [-0.4, -0.2) is 24.0 Å². The molecule has 2 aromatic carbocycles. The predicted octanol–water partition coefficient (Wildman–Crippen LogP) is 2.89. The van der Waals surface area contributed by atoms with Crippen molar-refractivity contribution in [1.29, 1.82) is 0 Å². The summed E-state index contributed by atoms with van der Waals surface area (Å²) in [6.07, 6.45) is 0. The van der Waals surface area contributed by atoms with E-state index in [1.165, 1.54) is 5.56 Å². The number of hydrogen-bond donors (Lipinski definition) is 1. The summed E-state index contributed by atoms with van der Waals surface area (Å²) in [4.78, 5) is 2.19. The van der Waals surface area contributed by atoms with Crippen LogP contribution in [-0.2, 0) is 6.54 Å². The Kier molecular flexibility index (Phi) is 3.99. The van der Waals surface area contributed by atoms with Gasteiger partial charge in [-0.1, -0.05) is 42.5 Å². The van der Waals surface area contributed by atoms with Gasteiger partial charge in [-0.05, 0) is 17.2 Å². The fourth-order valence-electron chi connectivity index (χ4n) is 3.02. The van der Waals surface area contributed by atoms with Crippen LogP contribution < -0.4 is 5.73 Å². The van der Waals surface area contributed by atoms with E-state index < -0.39 is 11.6 Å². The molecule has 0 bridgehead atoms. The second kappa shape index (κ2) is 5.92. The monoisotopic (exact) mass is 288 g/mol. The third-order valence-electron chi connectivity index (χ3n) is 4.07. The van der Waals surface area contributed by atoms with E-state index >= 15 is 0 Å². The summed E-state index contributed by atoms with van der Waals surface area (Å²) in [5.74, 6) is -1.73. The highest BCUT2D eigenvalue weighted by molar-refractivity contribution is 5.27. The zero-order chi connectivity index (χ0) is 14.8. The van der Waals surface area contributed by atoms with E-state index in [0.717, 1.165) is 12.6 Å². The molecule has 0 aliphatic carbocycles. The lowest BCUT2D eigenvalue weighted by Crippen LogP contribution is -2.29. The van der Waals surface area contributed by atoms with Crippen molar-refractivity contribution in [3.05, 3.63) is 71.3 Å². The van der Waals surface area contributed by atoms with Crippen molar-refractivity contribution in [3.63, 3.8) is 0 Å². The van der Waals surface area contributed by atoms with Gasteiger partial charge in [0.25, 0.3) is 0 Å². The van der Waals surface area contributed by atoms with Crippen LogP contribution in [0.25, 0.3) is 0 Å². The highest BCUT2D eigenvalue weighted by Gasteiger charge is 2.33. The zero-order valence-corrected chi connectivity index (χ0v) is 11.7. The maximum Gasteiger partial charge on any atom is 0.162 e. The topological polar surface area (TPSA) is 29.3 Å². The largest absolute Gasteiger partial charge is 0.326 e. The molecule has 1 fully saturated rings. The third-order valence-corrected chi connectivity index (χ3v) is 4.07. The first-order valence-corrected chi connectivity index (χ1v) is 7.11. The third kappa shape index (κ3) is 2.96. The van der Waals surface area contributed by atoms with Crippen LogP contribution in [0.15, 0.2) is 48.5 Å². The summed E-state index contributed by atoms with van der Waals surface area (Å²) in [6.45, 7) is 2.12. The second-order valence-electron chi connectivity index (χ2n) is 5.59. The molecule has 3 rings (SSSR count). The molecule has 0 radical (unpaired) electrons. The Balaban J connectivity index is 1.76. The van der Waals surface area contributed by atoms with E-state index in [2.05, 4.69) is 17.0 Å². The molecule has 1 saturated heterocycles. The van der Waals surface area contributed by atoms with Crippen LogP contribution in [0.3, 0.4) is 0 Å². The molecule has 2 aromatic rings. The zero-order valence-electron chi connectivity index (χ0n) is 11.7. The van der Waals surface area contributed by atoms with Crippen LogP contribution >= 0.6 is 0 Å². The van der Waals surface area contributed by atoms with E-state index in [4.69, 9.17) is 5.73 Å². The number of nitrogens with two attached hydrogens (primary N) is 1. The normalized spacial score (nSPS) is 22.6. The number of nitrogens with zero attached hydrogens (tertiary/aromatic N) is 1. The standard InChI is InChI=1S/C17H18F2N2/c18-15-8-4-7-13(17(15)19)14-10-21(11-16(14)20)9-12-5-2-1-3-6-12/h1-8,14,16H,9-11,20H2. The highest BCUT2D eigenvalue weighted by Crippen LogP contribution is 2.30. The van der Waals surface area contributed by atoms with Gasteiger partial charge >= 0.3 is 0 Å². The molecule has 1 aliphatic heterocycles. The predicted molar refractivity (Wildman–Crippen MR) is 78.8 cm³/mol. The number of halogens is 2. The number of benzene rings is 2.